The van der Waals surface area contributed by atoms with Crippen molar-refractivity contribution >= 4 is 39.8 Å². The molecule has 2 aliphatic heterocycles. The lowest BCUT2D eigenvalue weighted by atomic mass is 9.89. The van der Waals surface area contributed by atoms with E-state index in [9.17, 15) is 4.79 Å². The number of benzene rings is 2. The van der Waals surface area contributed by atoms with Crippen molar-refractivity contribution in [1.82, 2.24) is 14.5 Å². The van der Waals surface area contributed by atoms with Crippen LogP contribution in [0.1, 0.15) is 50.8 Å². The Balaban J connectivity index is 1.84. The van der Waals surface area contributed by atoms with Crippen LogP contribution in [0.15, 0.2) is 41.3 Å². The second-order valence-corrected chi connectivity index (χ2v) is 13.7. The van der Waals surface area contributed by atoms with E-state index in [0.29, 0.717) is 47.5 Å². The summed E-state index contributed by atoms with van der Waals surface area (Å²) in [5.41, 5.74) is 1.37. The molecule has 47 heavy (non-hydrogen) atoms. The SMILES string of the molecule is COc1cccc(F)c1-c1c(Cl)cc2c3c(c(=O)n(-c4c(C)ccnc4C(C)C)c2c1F)N(CCN(C)C)C(=O)[C@H]1CC[C@H](C)CN31. The van der Waals surface area contributed by atoms with Gasteiger partial charge in [0.15, 0.2) is 5.82 Å². The second kappa shape index (κ2) is 12.5. The number of piperidine rings is 1. The van der Waals surface area contributed by atoms with Crippen LogP contribution in [0.2, 0.25) is 5.02 Å². The summed E-state index contributed by atoms with van der Waals surface area (Å²) >= 11 is 6.94. The zero-order valence-corrected chi connectivity index (χ0v) is 28.6. The van der Waals surface area contributed by atoms with Crippen molar-refractivity contribution in [1.29, 1.82) is 0 Å². The van der Waals surface area contributed by atoms with Gasteiger partial charge in [0, 0.05) is 36.8 Å². The summed E-state index contributed by atoms with van der Waals surface area (Å²) in [4.78, 5) is 39.6. The average molecular weight is 664 g/mol. The number of carbonyl (C=O) groups is 1. The van der Waals surface area contributed by atoms with E-state index in [1.54, 1.807) is 23.2 Å². The maximum Gasteiger partial charge on any atom is 0.281 e. The summed E-state index contributed by atoms with van der Waals surface area (Å²) in [6.07, 6.45) is 3.11. The Morgan fingerprint density at radius 2 is 1.83 bits per heavy atom. The van der Waals surface area contributed by atoms with Crippen molar-refractivity contribution in [2.45, 2.75) is 52.5 Å². The molecule has 11 heteroatoms. The van der Waals surface area contributed by atoms with Crippen LogP contribution in [-0.4, -0.2) is 67.2 Å². The topological polar surface area (TPSA) is 70.9 Å². The monoisotopic (exact) mass is 663 g/mol. The van der Waals surface area contributed by atoms with E-state index >= 15 is 13.6 Å². The first-order chi connectivity index (χ1) is 22.4. The van der Waals surface area contributed by atoms with Crippen molar-refractivity contribution < 1.29 is 18.3 Å². The third kappa shape index (κ3) is 5.35. The molecule has 1 amide bonds. The van der Waals surface area contributed by atoms with Crippen molar-refractivity contribution in [2.75, 3.05) is 50.6 Å². The number of carbonyl (C=O) groups excluding carboxylic acids is 1. The van der Waals surface area contributed by atoms with Crippen LogP contribution < -0.4 is 20.1 Å². The molecule has 2 aliphatic rings. The predicted octanol–water partition coefficient (Wildman–Crippen LogP) is 6.94. The minimum Gasteiger partial charge on any atom is -0.496 e. The van der Waals surface area contributed by atoms with Gasteiger partial charge in [-0.1, -0.05) is 38.4 Å². The largest absolute Gasteiger partial charge is 0.496 e. The van der Waals surface area contributed by atoms with Gasteiger partial charge in [-0.05, 0) is 75.5 Å². The first kappa shape index (κ1) is 32.9. The summed E-state index contributed by atoms with van der Waals surface area (Å²) < 4.78 is 40.0. The Kier molecular flexibility index (Phi) is 8.78. The highest BCUT2D eigenvalue weighted by Gasteiger charge is 2.44. The summed E-state index contributed by atoms with van der Waals surface area (Å²) in [5, 5.41) is 0.316. The number of pyridine rings is 2. The van der Waals surface area contributed by atoms with Crippen molar-refractivity contribution in [3.63, 3.8) is 0 Å². The molecular formula is C36H40ClF2N5O3. The van der Waals surface area contributed by atoms with Crippen LogP contribution in [0.5, 0.6) is 5.75 Å². The van der Waals surface area contributed by atoms with Gasteiger partial charge in [0.05, 0.1) is 40.3 Å². The minimum atomic E-state index is -0.868. The molecule has 4 heterocycles. The van der Waals surface area contributed by atoms with Gasteiger partial charge in [-0.2, -0.15) is 0 Å². The van der Waals surface area contributed by atoms with Gasteiger partial charge in [-0.25, -0.2) is 8.78 Å². The molecule has 0 saturated carbocycles. The van der Waals surface area contributed by atoms with Crippen molar-refractivity contribution in [3.05, 3.63) is 74.8 Å². The number of ether oxygens (including phenoxy) is 1. The molecule has 0 aliphatic carbocycles. The standard InChI is InChI=1S/C36H40ClF2N5O3/c1-19(2)30-31(21(4)13-14-40-30)44-32-22(17-23(37)27(29(32)39)28-24(38)9-8-10-26(28)47-7)33-34(36(44)46)42(16-15-41(5)6)35(45)25-12-11-20(3)18-43(25)33/h8-10,13-14,17,19-20,25H,11-12,15-16,18H2,1-7H3/t20-,25+/m0/s1. The molecule has 6 rings (SSSR count). The molecule has 0 spiro atoms. The Labute approximate surface area is 278 Å². The zero-order chi connectivity index (χ0) is 33.9. The van der Waals surface area contributed by atoms with E-state index in [1.807, 2.05) is 44.7 Å². The van der Waals surface area contributed by atoms with Gasteiger partial charge < -0.3 is 19.4 Å². The Bertz CT molecular complexity index is 1960. The van der Waals surface area contributed by atoms with Crippen molar-refractivity contribution in [2.24, 2.45) is 5.92 Å². The van der Waals surface area contributed by atoms with Crippen LogP contribution >= 0.6 is 11.6 Å². The number of rotatable bonds is 7. The maximum absolute atomic E-state index is 17.6. The van der Waals surface area contributed by atoms with Gasteiger partial charge in [-0.15, -0.1) is 0 Å². The average Bonchev–Trinajstić information content (AvgIpc) is 3.02. The fraction of sp³-hybridized carbons (Fsp3) is 0.417. The molecule has 2 aromatic heterocycles. The summed E-state index contributed by atoms with van der Waals surface area (Å²) in [7, 11) is 5.19. The third-order valence-corrected chi connectivity index (χ3v) is 9.67. The van der Waals surface area contributed by atoms with Crippen molar-refractivity contribution in [3.8, 4) is 22.6 Å². The molecule has 2 aromatic carbocycles. The molecule has 248 valence electrons. The van der Waals surface area contributed by atoms with Gasteiger partial charge >= 0.3 is 0 Å². The fourth-order valence-electron chi connectivity index (χ4n) is 7.09. The fourth-order valence-corrected chi connectivity index (χ4v) is 7.38. The quantitative estimate of drug-likeness (QED) is 0.213. The number of halogens is 3. The Hall–Kier alpha value is -4.02. The zero-order valence-electron chi connectivity index (χ0n) is 27.8. The normalized spacial score (nSPS) is 17.9. The molecule has 0 bridgehead atoms. The van der Waals surface area contributed by atoms with Gasteiger partial charge in [0.1, 0.15) is 23.3 Å². The highest BCUT2D eigenvalue weighted by atomic mass is 35.5. The molecule has 0 radical (unpaired) electrons. The molecular weight excluding hydrogens is 624 g/mol. The van der Waals surface area contributed by atoms with E-state index in [1.165, 1.54) is 29.9 Å². The molecule has 8 nitrogen and oxygen atoms in total. The number of aromatic nitrogens is 2. The number of hydrogen-bond acceptors (Lipinski definition) is 6. The van der Waals surface area contributed by atoms with E-state index in [4.69, 9.17) is 16.3 Å². The highest BCUT2D eigenvalue weighted by molar-refractivity contribution is 6.35. The molecule has 0 N–H and O–H groups in total. The van der Waals surface area contributed by atoms with E-state index in [2.05, 4.69) is 11.9 Å². The van der Waals surface area contributed by atoms with Gasteiger partial charge in [-0.3, -0.25) is 19.1 Å². The summed E-state index contributed by atoms with van der Waals surface area (Å²) in [6, 6.07) is 7.08. The number of nitrogens with zero attached hydrogens (tertiary/aromatic N) is 5. The Morgan fingerprint density at radius 1 is 1.09 bits per heavy atom. The number of fused-ring (bicyclic) bond motifs is 5. The smallest absolute Gasteiger partial charge is 0.281 e. The molecule has 2 atom stereocenters. The number of likely N-dealkylation sites (N-methyl/N-ethyl adjacent to an activating group) is 1. The second-order valence-electron chi connectivity index (χ2n) is 13.3. The first-order valence-electron chi connectivity index (χ1n) is 16.0. The lowest BCUT2D eigenvalue weighted by Crippen LogP contribution is -2.59. The van der Waals surface area contributed by atoms with Crippen LogP contribution in [0.3, 0.4) is 0 Å². The number of amides is 1. The molecule has 1 saturated heterocycles. The Morgan fingerprint density at radius 3 is 2.51 bits per heavy atom. The lowest BCUT2D eigenvalue weighted by molar-refractivity contribution is -0.120. The predicted molar refractivity (Wildman–Crippen MR) is 184 cm³/mol. The maximum atomic E-state index is 17.6. The molecule has 4 aromatic rings. The van der Waals surface area contributed by atoms with Gasteiger partial charge in [0.25, 0.3) is 5.56 Å². The van der Waals surface area contributed by atoms with E-state index in [-0.39, 0.29) is 57.4 Å². The van der Waals surface area contributed by atoms with Crippen LogP contribution in [0.25, 0.3) is 27.7 Å². The number of hydrogen-bond donors (Lipinski definition) is 0. The van der Waals surface area contributed by atoms with E-state index in [0.717, 1.165) is 6.42 Å². The number of methoxy groups -OCH3 is 1. The first-order valence-corrected chi connectivity index (χ1v) is 16.4. The molecule has 1 fully saturated rings. The van der Waals surface area contributed by atoms with Gasteiger partial charge in [0.2, 0.25) is 5.91 Å². The molecule has 0 unspecified atom stereocenters. The highest BCUT2D eigenvalue weighted by Crippen LogP contribution is 2.48. The third-order valence-electron chi connectivity index (χ3n) is 9.37. The van der Waals surface area contributed by atoms with Crippen LogP contribution in [0, 0.1) is 24.5 Å². The minimum absolute atomic E-state index is 0.0452. The van der Waals surface area contributed by atoms with Crippen LogP contribution in [-0.2, 0) is 4.79 Å². The summed E-state index contributed by atoms with van der Waals surface area (Å²) in [5.74, 6) is -1.55. The number of aryl methyl sites for hydroxylation is 1. The summed E-state index contributed by atoms with van der Waals surface area (Å²) in [6.45, 7) is 9.13. The lowest BCUT2D eigenvalue weighted by Gasteiger charge is -2.47. The van der Waals surface area contributed by atoms with E-state index < -0.39 is 23.2 Å². The van der Waals surface area contributed by atoms with Crippen LogP contribution in [0.4, 0.5) is 20.2 Å². The number of anilines is 2.